The zero-order valence-electron chi connectivity index (χ0n) is 66.1. The van der Waals surface area contributed by atoms with Crippen LogP contribution in [0.2, 0.25) is 0 Å². The molecule has 0 radical (unpaired) electrons. The molecule has 0 heterocycles. The highest BCUT2D eigenvalue weighted by Gasteiger charge is 2.40. The number of carbonyl (C=O) groups is 21. The minimum absolute atomic E-state index is 0.0594. The highest BCUT2D eigenvalue weighted by molar-refractivity contribution is 6.02. The van der Waals surface area contributed by atoms with Gasteiger partial charge in [-0.2, -0.15) is 0 Å². The topological polar surface area (TPSA) is 727 Å². The smallest absolute Gasteiger partial charge is 0.305 e. The number of carbonyl (C=O) groups excluding carboxylic acids is 16. The van der Waals surface area contributed by atoms with E-state index in [2.05, 4.69) is 69.1 Å². The number of amides is 16. The first kappa shape index (κ1) is 102. The number of benzene rings is 1. The quantitative estimate of drug-likeness (QED) is 0.0288. The fourth-order valence-corrected chi connectivity index (χ4v) is 10.8. The number of nitrogens with two attached hydrogens (primary N) is 1. The van der Waals surface area contributed by atoms with Gasteiger partial charge in [-0.3, -0.25) is 101 Å². The summed E-state index contributed by atoms with van der Waals surface area (Å²) in [5, 5.41) is 113. The van der Waals surface area contributed by atoms with Crippen LogP contribution in [0, 0.1) is 17.8 Å². The Kier molecular flexibility index (Phi) is 44.2. The predicted octanol–water partition coefficient (Wildman–Crippen LogP) is -7.89. The third-order valence-electron chi connectivity index (χ3n) is 16.8. The maximum Gasteiger partial charge on any atom is 0.305 e. The molecule has 0 saturated heterocycles. The van der Waals surface area contributed by atoms with Crippen molar-refractivity contribution in [2.45, 2.75) is 257 Å². The maximum atomic E-state index is 14.3. The first-order valence-corrected chi connectivity index (χ1v) is 36.8. The van der Waals surface area contributed by atoms with Gasteiger partial charge in [0.15, 0.2) is 0 Å². The third kappa shape index (κ3) is 38.7. The second kappa shape index (κ2) is 50.2. The van der Waals surface area contributed by atoms with Crippen LogP contribution < -0.4 is 85.5 Å². The van der Waals surface area contributed by atoms with Crippen LogP contribution in [0.25, 0.3) is 0 Å². The van der Waals surface area contributed by atoms with Crippen LogP contribution in [-0.4, -0.2) is 275 Å². The molecule has 25 N–H and O–H groups in total. The van der Waals surface area contributed by atoms with Gasteiger partial charge in [0.05, 0.1) is 38.1 Å². The lowest BCUT2D eigenvalue weighted by Crippen LogP contribution is -2.62. The van der Waals surface area contributed by atoms with Crippen molar-refractivity contribution >= 4 is 124 Å². The van der Waals surface area contributed by atoms with Crippen LogP contribution in [0.3, 0.4) is 0 Å². The average molecular weight is 1650 g/mol. The number of aliphatic hydroxyl groups is 3. The molecule has 648 valence electrons. The number of rotatable bonds is 53. The number of aliphatic carboxylic acids is 5. The third-order valence-corrected chi connectivity index (χ3v) is 16.8. The van der Waals surface area contributed by atoms with E-state index in [4.69, 9.17) is 5.73 Å². The lowest BCUT2D eigenvalue weighted by Gasteiger charge is -2.29. The molecule has 0 aliphatic heterocycles. The van der Waals surface area contributed by atoms with E-state index in [0.717, 1.165) is 34.6 Å². The van der Waals surface area contributed by atoms with Crippen molar-refractivity contribution in [3.63, 3.8) is 0 Å². The zero-order valence-corrected chi connectivity index (χ0v) is 66.1. The van der Waals surface area contributed by atoms with E-state index in [-0.39, 0.29) is 31.6 Å². The summed E-state index contributed by atoms with van der Waals surface area (Å²) in [5.74, 6) is -28.3. The Balaban J connectivity index is 3.55. The summed E-state index contributed by atoms with van der Waals surface area (Å²) in [6, 6.07) is -18.7. The van der Waals surface area contributed by atoms with Gasteiger partial charge in [-0.25, -0.2) is 0 Å². The number of hydrogen-bond acceptors (Lipinski definition) is 24. The predicted molar refractivity (Wildman–Crippen MR) is 400 cm³/mol. The Morgan fingerprint density at radius 3 is 0.897 bits per heavy atom. The zero-order chi connectivity index (χ0) is 88.9. The van der Waals surface area contributed by atoms with Gasteiger partial charge in [0, 0.05) is 26.2 Å². The molecule has 16 amide bonds. The number of nitrogens with one attached hydrogen (secondary N) is 15. The van der Waals surface area contributed by atoms with Crippen molar-refractivity contribution < 1.29 is 142 Å². The van der Waals surface area contributed by atoms with Gasteiger partial charge in [0.25, 0.3) is 0 Å². The molecule has 0 unspecified atom stereocenters. The molecule has 0 aromatic heterocycles. The summed E-state index contributed by atoms with van der Waals surface area (Å²) in [5.41, 5.74) is 5.59. The van der Waals surface area contributed by atoms with Crippen LogP contribution in [0.4, 0.5) is 0 Å². The molecule has 0 saturated carbocycles. The molecule has 45 heteroatoms. The summed E-state index contributed by atoms with van der Waals surface area (Å²) in [4.78, 5) is 276. The molecule has 116 heavy (non-hydrogen) atoms. The van der Waals surface area contributed by atoms with Gasteiger partial charge < -0.3 is 126 Å². The molecular formula is C71H110N16O29. The second-order valence-corrected chi connectivity index (χ2v) is 28.8. The molecule has 0 bridgehead atoms. The first-order chi connectivity index (χ1) is 53.9. The number of carboxylic acids is 5. The van der Waals surface area contributed by atoms with Crippen LogP contribution in [-0.2, 0) is 107 Å². The van der Waals surface area contributed by atoms with Gasteiger partial charge in [0.2, 0.25) is 94.5 Å². The summed E-state index contributed by atoms with van der Waals surface area (Å²) in [7, 11) is 0. The standard InChI is InChI=1S/C71H110N16O29/c1-30(2)22-42(63(108)74-35(9)60(105)86-56(37(11)90)71(116)84-43(23-31(3)4)64(109)73-33(7)59(104)85-49(29-88)57(72)102)80-62(107)41(19-21-51(94)95)77-61(106)40(18-20-50(92)93)78-65(110)44(24-32(5)6)81-68(113)48(28-54(100)101)83-67(112)47(27-53(98)99)79-58(103)34(8)75-70(115)55(36(10)89)87-69(114)45(25-39-16-14-13-15-17-39)82-66(111)46(26-52(96)97)76-38(12)91/h13-17,30-37,40-49,55-56,88-90H,18-29H2,1-12H3,(H2,72,102)(H,73,109)(H,74,108)(H,75,115)(H,76,91)(H,77,106)(H,78,110)(H,79,103)(H,80,107)(H,81,113)(H,82,111)(H,83,112)(H,84,116)(H,85,104)(H,86,105)(H,87,114)(H,92,93)(H,94,95)(H,96,97)(H,98,99)(H,100,101)/t33-,34-,35-,36+,37+,40-,41-,42-,43-,44-,45-,46-,47-,48-,49-,55-,56-/m0/s1. The molecule has 45 nitrogen and oxygen atoms in total. The van der Waals surface area contributed by atoms with Gasteiger partial charge in [-0.15, -0.1) is 0 Å². The van der Waals surface area contributed by atoms with E-state index < -0.39 is 291 Å². The highest BCUT2D eigenvalue weighted by atomic mass is 16.4. The monoisotopic (exact) mass is 1650 g/mol. The number of hydrogen-bond donors (Lipinski definition) is 24. The van der Waals surface area contributed by atoms with Gasteiger partial charge in [-0.05, 0) is 90.0 Å². The van der Waals surface area contributed by atoms with Crippen LogP contribution in [0.15, 0.2) is 30.3 Å². The summed E-state index contributed by atoms with van der Waals surface area (Å²) < 4.78 is 0. The van der Waals surface area contributed by atoms with Crippen molar-refractivity contribution in [3.05, 3.63) is 35.9 Å². The Morgan fingerprint density at radius 1 is 0.310 bits per heavy atom. The van der Waals surface area contributed by atoms with Gasteiger partial charge in [0.1, 0.15) is 90.6 Å². The maximum absolute atomic E-state index is 14.3. The first-order valence-electron chi connectivity index (χ1n) is 36.8. The SMILES string of the molecule is CC(=O)N[C@@H](CC(=O)O)C(=O)N[C@@H](Cc1ccccc1)C(=O)N[C@H](C(=O)N[C@@H](C)C(=O)N[C@@H](CC(=O)O)C(=O)N[C@@H](CC(=O)O)C(=O)N[C@@H](CC(C)C)C(=O)N[C@@H](CCC(=O)O)C(=O)N[C@@H](CCC(=O)O)C(=O)N[C@@H](CC(C)C)C(=O)N[C@@H](C)C(=O)N[C@H](C(=O)N[C@@H](CC(C)C)C(=O)N[C@@H](C)C(=O)N[C@@H](CO)C(N)=O)[C@@H](C)O)[C@@H](C)O. The minimum Gasteiger partial charge on any atom is -0.481 e. The summed E-state index contributed by atoms with van der Waals surface area (Å²) in [6.45, 7) is 15.2. The van der Waals surface area contributed by atoms with E-state index in [1.807, 2.05) is 10.6 Å². The Bertz CT molecular complexity index is 3660. The molecule has 1 aromatic carbocycles. The van der Waals surface area contributed by atoms with Gasteiger partial charge >= 0.3 is 29.8 Å². The molecule has 0 spiro atoms. The van der Waals surface area contributed by atoms with Crippen molar-refractivity contribution in [2.24, 2.45) is 23.5 Å². The Hall–Kier alpha value is -12.0. The van der Waals surface area contributed by atoms with Crippen LogP contribution in [0.1, 0.15) is 153 Å². The normalized spacial score (nSPS) is 15.5. The fraction of sp³-hybridized carbons (Fsp3) is 0.620. The van der Waals surface area contributed by atoms with Crippen molar-refractivity contribution in [3.8, 4) is 0 Å². The van der Waals surface area contributed by atoms with Crippen molar-refractivity contribution in [1.29, 1.82) is 0 Å². The van der Waals surface area contributed by atoms with Crippen molar-refractivity contribution in [1.82, 2.24) is 79.8 Å². The molecule has 17 atom stereocenters. The minimum atomic E-state index is -2.24. The lowest BCUT2D eigenvalue weighted by atomic mass is 10.0. The average Bonchev–Trinajstić information content (AvgIpc) is 0.856. The Morgan fingerprint density at radius 2 is 0.569 bits per heavy atom. The molecule has 1 aromatic rings. The van der Waals surface area contributed by atoms with Crippen LogP contribution >= 0.6 is 0 Å². The van der Waals surface area contributed by atoms with E-state index in [0.29, 0.717) is 5.56 Å². The molecule has 0 fully saturated rings. The van der Waals surface area contributed by atoms with E-state index in [1.54, 1.807) is 58.0 Å². The van der Waals surface area contributed by atoms with E-state index >= 15 is 0 Å². The van der Waals surface area contributed by atoms with E-state index in [9.17, 15) is 142 Å². The Labute approximate surface area is 665 Å². The molecular weight excluding hydrogens is 1540 g/mol. The molecule has 0 aliphatic rings. The molecule has 1 rings (SSSR count). The van der Waals surface area contributed by atoms with Crippen molar-refractivity contribution in [2.75, 3.05) is 6.61 Å². The number of primary amides is 1. The second-order valence-electron chi connectivity index (χ2n) is 28.8. The summed E-state index contributed by atoms with van der Waals surface area (Å²) in [6.07, 6.45) is -11.2. The summed E-state index contributed by atoms with van der Waals surface area (Å²) >= 11 is 0. The number of carboxylic acid groups (broad SMARTS) is 5. The fourth-order valence-electron chi connectivity index (χ4n) is 10.8. The number of aliphatic hydroxyl groups excluding tert-OH is 3. The van der Waals surface area contributed by atoms with Crippen LogP contribution in [0.5, 0.6) is 0 Å². The lowest BCUT2D eigenvalue weighted by molar-refractivity contribution is -0.143. The van der Waals surface area contributed by atoms with E-state index in [1.165, 1.54) is 20.8 Å². The molecule has 0 aliphatic carbocycles. The van der Waals surface area contributed by atoms with Gasteiger partial charge in [-0.1, -0.05) is 71.9 Å². The highest BCUT2D eigenvalue weighted by Crippen LogP contribution is 2.15. The largest absolute Gasteiger partial charge is 0.481 e.